The molecule has 0 aromatic carbocycles. The molecule has 0 aliphatic rings. The maximum Gasteiger partial charge on any atom is 0.394 e. The van der Waals surface area contributed by atoms with Crippen LogP contribution in [0, 0.1) is 0 Å². The minimum Gasteiger partial charge on any atom is -0.476 e. The average molecular weight is 157 g/mol. The average Bonchev–Trinajstić information content (AvgIpc) is 2.37. The lowest BCUT2D eigenvalue weighted by Crippen LogP contribution is -1.97. The Morgan fingerprint density at radius 3 is 3.09 bits per heavy atom. The van der Waals surface area contributed by atoms with Crippen LogP contribution in [0.2, 0.25) is 0 Å². The first kappa shape index (κ1) is 7.59. The van der Waals surface area contributed by atoms with Gasteiger partial charge in [0.25, 0.3) is 0 Å². The van der Waals surface area contributed by atoms with E-state index < -0.39 is 5.97 Å². The number of aromatic nitrogens is 1. The van der Waals surface area contributed by atoms with Gasteiger partial charge in [0.2, 0.25) is 0 Å². The van der Waals surface area contributed by atoms with Crippen LogP contribution < -0.4 is 4.74 Å². The van der Waals surface area contributed by atoms with Crippen LogP contribution in [-0.2, 0) is 0 Å². The minimum absolute atomic E-state index is 0.00935. The summed E-state index contributed by atoms with van der Waals surface area (Å²) in [5.41, 5.74) is -0.145. The third-order valence-corrected chi connectivity index (χ3v) is 0.970. The van der Waals surface area contributed by atoms with Gasteiger partial charge in [-0.25, -0.2) is 4.79 Å². The molecule has 0 bridgehead atoms. The summed E-state index contributed by atoms with van der Waals surface area (Å²) in [4.78, 5) is 13.8. The highest BCUT2D eigenvalue weighted by molar-refractivity contribution is 5.84. The molecule has 0 fully saturated rings. The quantitative estimate of drug-likeness (QED) is 0.701. The van der Waals surface area contributed by atoms with E-state index >= 15 is 0 Å². The molecule has 0 aliphatic heterocycles. The molecule has 0 aliphatic carbocycles. The Balaban J connectivity index is 2.73. The molecular weight excluding hydrogens is 150 g/mol. The topological polar surface area (TPSA) is 72.6 Å². The van der Waals surface area contributed by atoms with Gasteiger partial charge in [0.15, 0.2) is 5.69 Å². The van der Waals surface area contributed by atoms with Crippen LogP contribution >= 0.6 is 0 Å². The van der Waals surface area contributed by atoms with Crippen LogP contribution in [0.5, 0.6) is 6.08 Å². The lowest BCUT2D eigenvalue weighted by atomic mass is 10.5. The first-order valence-corrected chi connectivity index (χ1v) is 3.05. The highest BCUT2D eigenvalue weighted by Crippen LogP contribution is 2.09. The largest absolute Gasteiger partial charge is 0.476 e. The molecule has 0 amide bonds. The number of ether oxygens (including phenoxy) is 1. The molecule has 1 aromatic rings. The van der Waals surface area contributed by atoms with E-state index in [4.69, 9.17) is 9.84 Å². The number of carboxylic acid groups (broad SMARTS) is 1. The fourth-order valence-electron chi connectivity index (χ4n) is 0.545. The predicted molar refractivity (Wildman–Crippen MR) is 34.6 cm³/mol. The first-order chi connectivity index (χ1) is 5.24. The summed E-state index contributed by atoms with van der Waals surface area (Å²) in [6, 6.07) is 0. The molecule has 1 aromatic heterocycles. The molecule has 11 heavy (non-hydrogen) atoms. The highest BCUT2D eigenvalue weighted by Gasteiger charge is 2.09. The molecule has 5 nitrogen and oxygen atoms in total. The Morgan fingerprint density at radius 2 is 2.64 bits per heavy atom. The van der Waals surface area contributed by atoms with Crippen LogP contribution in [0.1, 0.15) is 17.4 Å². The van der Waals surface area contributed by atoms with Gasteiger partial charge in [-0.3, -0.25) is 0 Å². The van der Waals surface area contributed by atoms with Gasteiger partial charge >= 0.3 is 12.0 Å². The summed E-state index contributed by atoms with van der Waals surface area (Å²) < 4.78 is 9.45. The number of oxazole rings is 1. The summed E-state index contributed by atoms with van der Waals surface area (Å²) in [6.07, 6.45) is 1.03. The molecule has 0 saturated heterocycles. The molecule has 5 heteroatoms. The monoisotopic (exact) mass is 157 g/mol. The third-order valence-electron chi connectivity index (χ3n) is 0.970. The molecule has 1 N–H and O–H groups in total. The number of carboxylic acids is 1. The lowest BCUT2D eigenvalue weighted by molar-refractivity contribution is 0.0690. The van der Waals surface area contributed by atoms with Crippen LogP contribution in [0.3, 0.4) is 0 Å². The van der Waals surface area contributed by atoms with Crippen LogP contribution in [0.25, 0.3) is 0 Å². The fourth-order valence-corrected chi connectivity index (χ4v) is 0.545. The van der Waals surface area contributed by atoms with Crippen LogP contribution in [0.4, 0.5) is 0 Å². The Kier molecular flexibility index (Phi) is 2.10. The van der Waals surface area contributed by atoms with Crippen molar-refractivity contribution in [3.63, 3.8) is 0 Å². The van der Waals surface area contributed by atoms with Crippen molar-refractivity contribution >= 4 is 5.97 Å². The van der Waals surface area contributed by atoms with Crippen molar-refractivity contribution in [2.45, 2.75) is 6.92 Å². The van der Waals surface area contributed by atoms with Crippen molar-refractivity contribution in [1.82, 2.24) is 4.98 Å². The van der Waals surface area contributed by atoms with Gasteiger partial charge in [-0.05, 0) is 6.92 Å². The number of carbonyl (C=O) groups is 1. The van der Waals surface area contributed by atoms with E-state index in [0.717, 1.165) is 6.26 Å². The maximum atomic E-state index is 10.2. The third kappa shape index (κ3) is 1.70. The SMILES string of the molecule is CCOc1nc(C(=O)O)co1. The van der Waals surface area contributed by atoms with Gasteiger partial charge in [0.05, 0.1) is 6.61 Å². The van der Waals surface area contributed by atoms with E-state index in [-0.39, 0.29) is 11.8 Å². The Bertz CT molecular complexity index is 255. The molecule has 0 saturated carbocycles. The Morgan fingerprint density at radius 1 is 1.91 bits per heavy atom. The first-order valence-electron chi connectivity index (χ1n) is 3.05. The zero-order valence-corrected chi connectivity index (χ0v) is 5.90. The van der Waals surface area contributed by atoms with Gasteiger partial charge in [0.1, 0.15) is 6.26 Å². The summed E-state index contributed by atoms with van der Waals surface area (Å²) >= 11 is 0. The molecule has 0 atom stereocenters. The van der Waals surface area contributed by atoms with E-state index in [2.05, 4.69) is 9.40 Å². The second kappa shape index (κ2) is 3.05. The minimum atomic E-state index is -1.13. The molecule has 0 spiro atoms. The molecular formula is C6H7NO4. The highest BCUT2D eigenvalue weighted by atomic mass is 16.6. The van der Waals surface area contributed by atoms with Crippen molar-refractivity contribution in [3.8, 4) is 6.08 Å². The van der Waals surface area contributed by atoms with E-state index in [9.17, 15) is 4.79 Å². The fraction of sp³-hybridized carbons (Fsp3) is 0.333. The lowest BCUT2D eigenvalue weighted by Gasteiger charge is -1.90. The number of hydrogen-bond donors (Lipinski definition) is 1. The predicted octanol–water partition coefficient (Wildman–Crippen LogP) is 0.771. The zero-order chi connectivity index (χ0) is 8.27. The standard InChI is InChI=1S/C6H7NO4/c1-2-10-6-7-4(3-11-6)5(8)9/h3H,2H2,1H3,(H,8,9). The molecule has 1 rings (SSSR count). The molecule has 0 unspecified atom stereocenters. The van der Waals surface area contributed by atoms with Crippen LogP contribution in [0.15, 0.2) is 10.7 Å². The normalized spacial score (nSPS) is 9.55. The van der Waals surface area contributed by atoms with Gasteiger partial charge in [-0.2, -0.15) is 4.98 Å². The van der Waals surface area contributed by atoms with Gasteiger partial charge in [0, 0.05) is 0 Å². The van der Waals surface area contributed by atoms with Crippen molar-refractivity contribution < 1.29 is 19.1 Å². The Labute approximate surface area is 62.6 Å². The van der Waals surface area contributed by atoms with Gasteiger partial charge in [-0.1, -0.05) is 0 Å². The number of nitrogens with zero attached hydrogens (tertiary/aromatic N) is 1. The van der Waals surface area contributed by atoms with Gasteiger partial charge in [-0.15, -0.1) is 0 Å². The second-order valence-corrected chi connectivity index (χ2v) is 1.74. The van der Waals surface area contributed by atoms with Crippen molar-refractivity contribution in [2.24, 2.45) is 0 Å². The number of hydrogen-bond acceptors (Lipinski definition) is 4. The molecule has 0 radical (unpaired) electrons. The van der Waals surface area contributed by atoms with E-state index in [0.29, 0.717) is 6.61 Å². The molecule has 60 valence electrons. The van der Waals surface area contributed by atoms with Gasteiger partial charge < -0.3 is 14.3 Å². The number of rotatable bonds is 3. The van der Waals surface area contributed by atoms with E-state index in [1.807, 2.05) is 0 Å². The summed E-state index contributed by atoms with van der Waals surface area (Å²) in [5.74, 6) is -1.13. The van der Waals surface area contributed by atoms with E-state index in [1.165, 1.54) is 0 Å². The summed E-state index contributed by atoms with van der Waals surface area (Å²) in [7, 11) is 0. The molecule has 1 heterocycles. The van der Waals surface area contributed by atoms with Crippen molar-refractivity contribution in [3.05, 3.63) is 12.0 Å². The maximum absolute atomic E-state index is 10.2. The Hall–Kier alpha value is -1.52. The van der Waals surface area contributed by atoms with Crippen LogP contribution in [-0.4, -0.2) is 22.7 Å². The zero-order valence-electron chi connectivity index (χ0n) is 5.90. The number of aromatic carboxylic acids is 1. The summed E-state index contributed by atoms with van der Waals surface area (Å²) in [6.45, 7) is 2.16. The van der Waals surface area contributed by atoms with E-state index in [1.54, 1.807) is 6.92 Å². The second-order valence-electron chi connectivity index (χ2n) is 1.74. The smallest absolute Gasteiger partial charge is 0.394 e. The van der Waals surface area contributed by atoms with Crippen molar-refractivity contribution in [2.75, 3.05) is 6.61 Å². The summed E-state index contributed by atoms with van der Waals surface area (Å²) in [5, 5.41) is 8.39. The van der Waals surface area contributed by atoms with Crippen molar-refractivity contribution in [1.29, 1.82) is 0 Å².